The summed E-state index contributed by atoms with van der Waals surface area (Å²) in [5, 5.41) is 9.75. The SMILES string of the molecule is Cc1cc(NC(=O)[C@H]2[C@H]3C(=O)N([C@H](C(=O)NC4CCCC4)c4ccccc4)C[C@]34C=C[C@H]2O4)no1. The predicted octanol–water partition coefficient (Wildman–Crippen LogP) is 2.50. The highest BCUT2D eigenvalue weighted by atomic mass is 16.5. The van der Waals surface area contributed by atoms with Crippen LogP contribution in [-0.2, 0) is 19.1 Å². The number of aryl methyl sites for hydroxylation is 1. The average molecular weight is 477 g/mol. The first kappa shape index (κ1) is 22.0. The van der Waals surface area contributed by atoms with Gasteiger partial charge in [-0.3, -0.25) is 14.4 Å². The number of carbonyl (C=O) groups is 3. The molecule has 2 aromatic rings. The van der Waals surface area contributed by atoms with Crippen LogP contribution in [0.5, 0.6) is 0 Å². The molecule has 1 spiro atoms. The zero-order chi connectivity index (χ0) is 24.2. The van der Waals surface area contributed by atoms with Gasteiger partial charge in [-0.1, -0.05) is 60.5 Å². The van der Waals surface area contributed by atoms with Crippen molar-refractivity contribution < 1.29 is 23.6 Å². The van der Waals surface area contributed by atoms with Crippen LogP contribution in [0.3, 0.4) is 0 Å². The molecule has 4 aliphatic rings. The van der Waals surface area contributed by atoms with Crippen molar-refractivity contribution in [3.05, 3.63) is 59.9 Å². The second kappa shape index (κ2) is 8.34. The first-order valence-electron chi connectivity index (χ1n) is 12.2. The number of fused-ring (bicyclic) bond motifs is 1. The fourth-order valence-corrected chi connectivity index (χ4v) is 6.14. The monoisotopic (exact) mass is 476 g/mol. The molecule has 3 aliphatic heterocycles. The molecular weight excluding hydrogens is 448 g/mol. The minimum atomic E-state index is -0.926. The molecule has 3 amide bonds. The maximum Gasteiger partial charge on any atom is 0.247 e. The number of likely N-dealkylation sites (tertiary alicyclic amines) is 1. The Labute approximate surface area is 202 Å². The summed E-state index contributed by atoms with van der Waals surface area (Å²) in [5.41, 5.74) is -0.185. The number of rotatable bonds is 6. The molecule has 35 heavy (non-hydrogen) atoms. The average Bonchev–Trinajstić information content (AvgIpc) is 3.66. The number of nitrogens with zero attached hydrogens (tertiary/aromatic N) is 2. The van der Waals surface area contributed by atoms with Crippen LogP contribution in [0.4, 0.5) is 5.82 Å². The molecule has 3 fully saturated rings. The lowest BCUT2D eigenvalue weighted by Crippen LogP contribution is -2.46. The molecule has 5 atom stereocenters. The van der Waals surface area contributed by atoms with Crippen LogP contribution in [0.2, 0.25) is 0 Å². The normalized spacial score (nSPS) is 30.0. The Hall–Kier alpha value is -3.46. The van der Waals surface area contributed by atoms with Gasteiger partial charge in [0, 0.05) is 12.1 Å². The lowest BCUT2D eigenvalue weighted by Gasteiger charge is -2.30. The van der Waals surface area contributed by atoms with Gasteiger partial charge in [0.15, 0.2) is 5.82 Å². The Kier molecular flexibility index (Phi) is 5.25. The molecule has 9 heteroatoms. The second-order valence-electron chi connectivity index (χ2n) is 9.98. The van der Waals surface area contributed by atoms with Crippen molar-refractivity contribution in [2.45, 2.75) is 56.4 Å². The van der Waals surface area contributed by atoms with Gasteiger partial charge in [0.25, 0.3) is 0 Å². The highest BCUT2D eigenvalue weighted by Gasteiger charge is 2.68. The highest BCUT2D eigenvalue weighted by molar-refractivity contribution is 6.00. The summed E-state index contributed by atoms with van der Waals surface area (Å²) in [6.45, 7) is 1.95. The third kappa shape index (κ3) is 3.65. The van der Waals surface area contributed by atoms with Crippen molar-refractivity contribution in [3.63, 3.8) is 0 Å². The molecule has 4 heterocycles. The molecule has 2 N–H and O–H groups in total. The van der Waals surface area contributed by atoms with E-state index in [2.05, 4.69) is 15.8 Å². The number of aromatic nitrogens is 1. The molecule has 2 saturated heterocycles. The van der Waals surface area contributed by atoms with Gasteiger partial charge in [0.2, 0.25) is 17.7 Å². The van der Waals surface area contributed by atoms with Crippen LogP contribution in [0, 0.1) is 18.8 Å². The van der Waals surface area contributed by atoms with Gasteiger partial charge >= 0.3 is 0 Å². The molecule has 1 aromatic carbocycles. The van der Waals surface area contributed by atoms with Gasteiger partial charge in [-0.25, -0.2) is 0 Å². The van der Waals surface area contributed by atoms with Gasteiger partial charge in [-0.15, -0.1) is 0 Å². The highest BCUT2D eigenvalue weighted by Crippen LogP contribution is 2.53. The summed E-state index contributed by atoms with van der Waals surface area (Å²) in [6.07, 6.45) is 7.33. The largest absolute Gasteiger partial charge is 0.360 e. The fourth-order valence-electron chi connectivity index (χ4n) is 6.14. The molecule has 1 saturated carbocycles. The lowest BCUT2D eigenvalue weighted by molar-refractivity contribution is -0.142. The summed E-state index contributed by atoms with van der Waals surface area (Å²) in [4.78, 5) is 42.3. The molecule has 0 unspecified atom stereocenters. The van der Waals surface area contributed by atoms with Gasteiger partial charge < -0.3 is 24.8 Å². The predicted molar refractivity (Wildman–Crippen MR) is 125 cm³/mol. The van der Waals surface area contributed by atoms with Gasteiger partial charge in [-0.2, -0.15) is 0 Å². The smallest absolute Gasteiger partial charge is 0.247 e. The first-order chi connectivity index (χ1) is 16.9. The summed E-state index contributed by atoms with van der Waals surface area (Å²) in [6, 6.07) is 10.3. The van der Waals surface area contributed by atoms with E-state index in [-0.39, 0.29) is 30.3 Å². The molecule has 9 nitrogen and oxygen atoms in total. The van der Waals surface area contributed by atoms with Crippen LogP contribution >= 0.6 is 0 Å². The van der Waals surface area contributed by atoms with Crippen molar-refractivity contribution >= 4 is 23.5 Å². The molecule has 1 aliphatic carbocycles. The topological polar surface area (TPSA) is 114 Å². The number of nitrogens with one attached hydrogen (secondary N) is 2. The maximum atomic E-state index is 13.9. The summed E-state index contributed by atoms with van der Waals surface area (Å²) in [5.74, 6) is -1.34. The second-order valence-corrected chi connectivity index (χ2v) is 9.98. The van der Waals surface area contributed by atoms with E-state index in [1.807, 2.05) is 42.5 Å². The molecule has 1 aromatic heterocycles. The zero-order valence-corrected chi connectivity index (χ0v) is 19.5. The Morgan fingerprint density at radius 2 is 1.97 bits per heavy atom. The van der Waals surface area contributed by atoms with Crippen LogP contribution in [0.25, 0.3) is 0 Å². The molecule has 0 radical (unpaired) electrons. The van der Waals surface area contributed by atoms with E-state index in [4.69, 9.17) is 9.26 Å². The Balaban J connectivity index is 1.29. The van der Waals surface area contributed by atoms with Crippen molar-refractivity contribution in [3.8, 4) is 0 Å². The van der Waals surface area contributed by atoms with Crippen molar-refractivity contribution in [1.29, 1.82) is 0 Å². The van der Waals surface area contributed by atoms with E-state index in [0.29, 0.717) is 11.6 Å². The van der Waals surface area contributed by atoms with Crippen LogP contribution in [-0.4, -0.2) is 52.1 Å². The lowest BCUT2D eigenvalue weighted by atomic mass is 9.77. The number of benzene rings is 1. The van der Waals surface area contributed by atoms with Crippen molar-refractivity contribution in [2.24, 2.45) is 11.8 Å². The quantitative estimate of drug-likeness (QED) is 0.620. The van der Waals surface area contributed by atoms with Crippen LogP contribution in [0.1, 0.15) is 43.0 Å². The van der Waals surface area contributed by atoms with Gasteiger partial charge in [-0.05, 0) is 25.3 Å². The fraction of sp³-hybridized carbons (Fsp3) is 0.462. The van der Waals surface area contributed by atoms with Crippen molar-refractivity contribution in [1.82, 2.24) is 15.4 Å². The first-order valence-corrected chi connectivity index (χ1v) is 12.2. The molecule has 182 valence electrons. The number of hydrogen-bond acceptors (Lipinski definition) is 6. The standard InChI is InChI=1S/C26H28N4O5/c1-15-13-19(29-35-15)28-23(31)20-18-11-12-26(34-18)14-30(25(33)21(20)26)22(16-7-3-2-4-8-16)24(32)27-17-9-5-6-10-17/h2-4,7-8,11-13,17-18,20-22H,5-6,9-10,14H2,1H3,(H,27,32)(H,28,29,31)/t18-,20-,21+,22+,26-/m1/s1. The third-order valence-corrected chi connectivity index (χ3v) is 7.69. The van der Waals surface area contributed by atoms with Crippen molar-refractivity contribution in [2.75, 3.05) is 11.9 Å². The number of carbonyl (C=O) groups excluding carboxylic acids is 3. The third-order valence-electron chi connectivity index (χ3n) is 7.69. The minimum Gasteiger partial charge on any atom is -0.360 e. The number of anilines is 1. The van der Waals surface area contributed by atoms with E-state index in [9.17, 15) is 14.4 Å². The number of ether oxygens (including phenoxy) is 1. The summed E-state index contributed by atoms with van der Waals surface area (Å²) < 4.78 is 11.3. The van der Waals surface area contributed by atoms with Gasteiger partial charge in [0.1, 0.15) is 17.4 Å². The Morgan fingerprint density at radius 3 is 2.69 bits per heavy atom. The van der Waals surface area contributed by atoms with E-state index in [1.54, 1.807) is 17.9 Å². The van der Waals surface area contributed by atoms with Gasteiger partial charge in [0.05, 0.1) is 24.5 Å². The van der Waals surface area contributed by atoms with E-state index in [1.165, 1.54) is 0 Å². The van der Waals surface area contributed by atoms with E-state index in [0.717, 1.165) is 31.2 Å². The summed E-state index contributed by atoms with van der Waals surface area (Å²) in [7, 11) is 0. The minimum absolute atomic E-state index is 0.125. The number of amides is 3. The number of hydrogen-bond donors (Lipinski definition) is 2. The summed E-state index contributed by atoms with van der Waals surface area (Å²) >= 11 is 0. The molecule has 2 bridgehead atoms. The Morgan fingerprint density at radius 1 is 1.20 bits per heavy atom. The maximum absolute atomic E-state index is 13.9. The van der Waals surface area contributed by atoms with E-state index >= 15 is 0 Å². The molecular formula is C26H28N4O5. The van der Waals surface area contributed by atoms with Crippen LogP contribution in [0.15, 0.2) is 53.1 Å². The van der Waals surface area contributed by atoms with E-state index < -0.39 is 29.6 Å². The molecule has 6 rings (SSSR count). The zero-order valence-electron chi connectivity index (χ0n) is 19.5. The Bertz CT molecular complexity index is 1190. The van der Waals surface area contributed by atoms with Crippen LogP contribution < -0.4 is 10.6 Å².